The first-order valence-electron chi connectivity index (χ1n) is 3.33. The number of rotatable bonds is 0. The molecule has 0 saturated carbocycles. The molecule has 0 amide bonds. The Balaban J connectivity index is 2.86. The Morgan fingerprint density at radius 3 is 2.92 bits per heavy atom. The summed E-state index contributed by atoms with van der Waals surface area (Å²) in [6.07, 6.45) is 2.63. The first kappa shape index (κ1) is 7.43. The maximum absolute atomic E-state index is 13.0. The van der Waals surface area contributed by atoms with Crippen LogP contribution in [0.1, 0.15) is 0 Å². The van der Waals surface area contributed by atoms with Gasteiger partial charge in [0.15, 0.2) is 5.82 Å². The van der Waals surface area contributed by atoms with Gasteiger partial charge in [0, 0.05) is 5.39 Å². The van der Waals surface area contributed by atoms with Crippen LogP contribution in [0.25, 0.3) is 10.9 Å². The molecule has 0 saturated heterocycles. The minimum absolute atomic E-state index is 0.343. The Morgan fingerprint density at radius 1 is 1.25 bits per heavy atom. The van der Waals surface area contributed by atoms with E-state index in [1.165, 1.54) is 6.20 Å². The van der Waals surface area contributed by atoms with E-state index in [0.29, 0.717) is 16.1 Å². The number of nitrogens with zero attached hydrogens (tertiary/aromatic N) is 2. The van der Waals surface area contributed by atoms with Crippen molar-refractivity contribution in [3.8, 4) is 0 Å². The Hall–Kier alpha value is -1.22. The lowest BCUT2D eigenvalue weighted by atomic mass is 10.2. The van der Waals surface area contributed by atoms with Gasteiger partial charge in [0.25, 0.3) is 0 Å². The van der Waals surface area contributed by atoms with Gasteiger partial charge in [-0.2, -0.15) is 0 Å². The summed E-state index contributed by atoms with van der Waals surface area (Å²) < 4.78 is 13.0. The molecule has 0 radical (unpaired) electrons. The van der Waals surface area contributed by atoms with Gasteiger partial charge in [-0.05, 0) is 12.1 Å². The van der Waals surface area contributed by atoms with Crippen molar-refractivity contribution in [2.24, 2.45) is 0 Å². The second-order valence-electron chi connectivity index (χ2n) is 2.32. The van der Waals surface area contributed by atoms with Crippen LogP contribution in [-0.2, 0) is 0 Å². The fourth-order valence-electron chi connectivity index (χ4n) is 0.993. The summed E-state index contributed by atoms with van der Waals surface area (Å²) >= 11 is 5.61. The van der Waals surface area contributed by atoms with Crippen LogP contribution in [0.15, 0.2) is 24.5 Å². The summed E-state index contributed by atoms with van der Waals surface area (Å²) in [6.45, 7) is 0. The smallest absolute Gasteiger partial charge is 0.150 e. The molecule has 0 atom stereocenters. The van der Waals surface area contributed by atoms with E-state index in [4.69, 9.17) is 11.6 Å². The van der Waals surface area contributed by atoms with Gasteiger partial charge >= 0.3 is 0 Å². The summed E-state index contributed by atoms with van der Waals surface area (Å²) in [5.41, 5.74) is 0.475. The molecule has 2 aromatic heterocycles. The minimum Gasteiger partial charge on any atom is -0.259 e. The number of hydrogen-bond acceptors (Lipinski definition) is 2. The molecule has 4 heteroatoms. The molecule has 0 fully saturated rings. The maximum atomic E-state index is 13.0. The van der Waals surface area contributed by atoms with Crippen molar-refractivity contribution in [2.45, 2.75) is 0 Å². The molecule has 2 rings (SSSR count). The van der Waals surface area contributed by atoms with Crippen molar-refractivity contribution >= 4 is 22.5 Å². The largest absolute Gasteiger partial charge is 0.259 e. The van der Waals surface area contributed by atoms with Gasteiger partial charge < -0.3 is 0 Å². The summed E-state index contributed by atoms with van der Waals surface area (Å²) in [5, 5.41) is 0.782. The Labute approximate surface area is 73.0 Å². The number of halogens is 2. The van der Waals surface area contributed by atoms with Crippen molar-refractivity contribution < 1.29 is 4.39 Å². The van der Waals surface area contributed by atoms with Crippen molar-refractivity contribution in [1.82, 2.24) is 9.97 Å². The highest BCUT2D eigenvalue weighted by Gasteiger charge is 2.01. The summed E-state index contributed by atoms with van der Waals surface area (Å²) in [4.78, 5) is 7.56. The third kappa shape index (κ3) is 1.12. The first-order valence-corrected chi connectivity index (χ1v) is 3.71. The van der Waals surface area contributed by atoms with Crippen LogP contribution in [-0.4, -0.2) is 9.97 Å². The second kappa shape index (κ2) is 2.68. The van der Waals surface area contributed by atoms with E-state index in [-0.39, 0.29) is 5.82 Å². The van der Waals surface area contributed by atoms with Gasteiger partial charge in [-0.15, -0.1) is 0 Å². The molecular weight excluding hydrogens is 179 g/mol. The monoisotopic (exact) mass is 182 g/mol. The zero-order valence-corrected chi connectivity index (χ0v) is 6.72. The predicted octanol–water partition coefficient (Wildman–Crippen LogP) is 2.42. The van der Waals surface area contributed by atoms with E-state index in [9.17, 15) is 4.39 Å². The highest BCUT2D eigenvalue weighted by Crippen LogP contribution is 2.16. The van der Waals surface area contributed by atoms with Gasteiger partial charge in [0.05, 0.1) is 17.9 Å². The number of fused-ring (bicyclic) bond motifs is 1. The zero-order chi connectivity index (χ0) is 8.55. The van der Waals surface area contributed by atoms with E-state index in [1.54, 1.807) is 12.1 Å². The summed E-state index contributed by atoms with van der Waals surface area (Å²) in [7, 11) is 0. The molecule has 2 aromatic rings. The number of hydrogen-bond donors (Lipinski definition) is 0. The van der Waals surface area contributed by atoms with E-state index in [1.807, 2.05) is 0 Å². The van der Waals surface area contributed by atoms with E-state index >= 15 is 0 Å². The molecule has 0 unspecified atom stereocenters. The zero-order valence-electron chi connectivity index (χ0n) is 5.96. The summed E-state index contributed by atoms with van der Waals surface area (Å²) in [5.74, 6) is -0.378. The average molecular weight is 183 g/mol. The quantitative estimate of drug-likeness (QED) is 0.585. The second-order valence-corrected chi connectivity index (χ2v) is 2.71. The van der Waals surface area contributed by atoms with Crippen LogP contribution in [0.3, 0.4) is 0 Å². The van der Waals surface area contributed by atoms with E-state index < -0.39 is 0 Å². The fourth-order valence-corrected chi connectivity index (χ4v) is 1.15. The van der Waals surface area contributed by atoms with Gasteiger partial charge in [-0.3, -0.25) is 4.98 Å². The van der Waals surface area contributed by atoms with Gasteiger partial charge in [-0.1, -0.05) is 11.6 Å². The van der Waals surface area contributed by atoms with E-state index in [0.717, 1.165) is 6.20 Å². The fraction of sp³-hybridized carbons (Fsp3) is 0. The lowest BCUT2D eigenvalue weighted by molar-refractivity contribution is 0.633. The molecule has 0 bridgehead atoms. The molecule has 60 valence electrons. The molecule has 0 N–H and O–H groups in total. The average Bonchev–Trinajstić information content (AvgIpc) is 2.04. The van der Waals surface area contributed by atoms with Gasteiger partial charge in [-0.25, -0.2) is 9.37 Å². The van der Waals surface area contributed by atoms with Gasteiger partial charge in [0.1, 0.15) is 5.15 Å². The minimum atomic E-state index is -0.378. The molecule has 2 heterocycles. The Bertz CT molecular complexity index is 430. The molecule has 12 heavy (non-hydrogen) atoms. The normalized spacial score (nSPS) is 10.5. The molecule has 0 spiro atoms. The Morgan fingerprint density at radius 2 is 2.08 bits per heavy atom. The topological polar surface area (TPSA) is 25.8 Å². The van der Waals surface area contributed by atoms with E-state index in [2.05, 4.69) is 9.97 Å². The third-order valence-electron chi connectivity index (χ3n) is 1.53. The standard InChI is InChI=1S/C8H4ClFN2/c9-8-2-1-5-6(10)3-11-4-7(5)12-8/h1-4H. The van der Waals surface area contributed by atoms with Crippen LogP contribution >= 0.6 is 11.6 Å². The van der Waals surface area contributed by atoms with Crippen LogP contribution < -0.4 is 0 Å². The first-order chi connectivity index (χ1) is 5.77. The predicted molar refractivity (Wildman–Crippen MR) is 44.5 cm³/mol. The lowest BCUT2D eigenvalue weighted by Crippen LogP contribution is -1.85. The van der Waals surface area contributed by atoms with Crippen molar-refractivity contribution in [1.29, 1.82) is 0 Å². The maximum Gasteiger partial charge on any atom is 0.150 e. The molecule has 0 aliphatic heterocycles. The third-order valence-corrected chi connectivity index (χ3v) is 1.74. The highest BCUT2D eigenvalue weighted by molar-refractivity contribution is 6.29. The molecule has 0 aliphatic rings. The number of aromatic nitrogens is 2. The van der Waals surface area contributed by atoms with Crippen molar-refractivity contribution in [3.05, 3.63) is 35.5 Å². The molecular formula is C8H4ClFN2. The lowest BCUT2D eigenvalue weighted by Gasteiger charge is -1.96. The molecule has 0 aromatic carbocycles. The van der Waals surface area contributed by atoms with Crippen LogP contribution in [0.4, 0.5) is 4.39 Å². The number of pyridine rings is 2. The van der Waals surface area contributed by atoms with Crippen molar-refractivity contribution in [2.75, 3.05) is 0 Å². The highest BCUT2D eigenvalue weighted by atomic mass is 35.5. The molecule has 2 nitrogen and oxygen atoms in total. The SMILES string of the molecule is Fc1cncc2nc(Cl)ccc12. The molecule has 0 aliphatic carbocycles. The summed E-state index contributed by atoms with van der Waals surface area (Å²) in [6, 6.07) is 3.13. The van der Waals surface area contributed by atoms with Crippen LogP contribution in [0, 0.1) is 5.82 Å². The Kier molecular flexibility index (Phi) is 1.66. The van der Waals surface area contributed by atoms with Crippen LogP contribution in [0.5, 0.6) is 0 Å². The van der Waals surface area contributed by atoms with Gasteiger partial charge in [0.2, 0.25) is 0 Å². The van der Waals surface area contributed by atoms with Crippen LogP contribution in [0.2, 0.25) is 5.15 Å². The van der Waals surface area contributed by atoms with Crippen molar-refractivity contribution in [3.63, 3.8) is 0 Å².